The van der Waals surface area contributed by atoms with Gasteiger partial charge in [-0.25, -0.2) is 0 Å². The Morgan fingerprint density at radius 1 is 1.40 bits per heavy atom. The number of hydrogen-bond acceptors (Lipinski definition) is 4. The largest absolute Gasteiger partial charge is 0.495 e. The molecule has 1 aliphatic carbocycles. The molecule has 1 aromatic carbocycles. The molecule has 2 rings (SSSR count). The summed E-state index contributed by atoms with van der Waals surface area (Å²) >= 11 is 0. The molecular formula is C16H20N2O2. The van der Waals surface area contributed by atoms with E-state index in [1.807, 2.05) is 12.1 Å². The molecule has 1 aromatic rings. The second-order valence-electron chi connectivity index (χ2n) is 5.33. The third-order valence-corrected chi connectivity index (χ3v) is 3.95. The van der Waals surface area contributed by atoms with E-state index in [0.29, 0.717) is 36.0 Å². The highest BCUT2D eigenvalue weighted by Gasteiger charge is 2.22. The van der Waals surface area contributed by atoms with E-state index in [1.165, 1.54) is 0 Å². The molecule has 4 nitrogen and oxygen atoms in total. The van der Waals surface area contributed by atoms with E-state index in [9.17, 15) is 4.79 Å². The van der Waals surface area contributed by atoms with Gasteiger partial charge in [0.2, 0.25) is 0 Å². The summed E-state index contributed by atoms with van der Waals surface area (Å²) in [5, 5.41) is 8.98. The molecular weight excluding hydrogens is 252 g/mol. The zero-order valence-corrected chi connectivity index (χ0v) is 12.1. The topological polar surface area (TPSA) is 53.3 Å². The Balaban J connectivity index is 2.02. The Morgan fingerprint density at radius 2 is 2.10 bits per heavy atom. The van der Waals surface area contributed by atoms with Crippen LogP contribution in [0.15, 0.2) is 18.2 Å². The lowest BCUT2D eigenvalue weighted by atomic mass is 9.93. The first-order valence-electron chi connectivity index (χ1n) is 6.93. The second kappa shape index (κ2) is 6.53. The number of nitrogens with zero attached hydrogens (tertiary/aromatic N) is 2. The first kappa shape index (κ1) is 14.5. The van der Waals surface area contributed by atoms with Gasteiger partial charge in [0.1, 0.15) is 17.6 Å². The lowest BCUT2D eigenvalue weighted by molar-refractivity contribution is -0.121. The van der Waals surface area contributed by atoms with E-state index in [0.717, 1.165) is 24.9 Å². The minimum absolute atomic E-state index is 0.384. The van der Waals surface area contributed by atoms with Gasteiger partial charge in [0.25, 0.3) is 0 Å². The normalized spacial score (nSPS) is 16.2. The Bertz CT molecular complexity index is 524. The van der Waals surface area contributed by atoms with Crippen LogP contribution in [-0.4, -0.2) is 30.9 Å². The van der Waals surface area contributed by atoms with Crippen LogP contribution in [0.2, 0.25) is 0 Å². The molecule has 20 heavy (non-hydrogen) atoms. The maximum atomic E-state index is 11.3. The van der Waals surface area contributed by atoms with Gasteiger partial charge < -0.3 is 4.74 Å². The number of rotatable bonds is 4. The SMILES string of the molecule is COc1cc(CN(C)C2CCC(=O)CC2)ccc1C#N. The highest BCUT2D eigenvalue weighted by atomic mass is 16.5. The molecule has 106 valence electrons. The van der Waals surface area contributed by atoms with Crippen molar-refractivity contribution in [2.75, 3.05) is 14.2 Å². The highest BCUT2D eigenvalue weighted by Crippen LogP contribution is 2.23. The summed E-state index contributed by atoms with van der Waals surface area (Å²) in [7, 11) is 3.67. The van der Waals surface area contributed by atoms with Crippen LogP contribution in [0.4, 0.5) is 0 Å². The summed E-state index contributed by atoms with van der Waals surface area (Å²) in [4.78, 5) is 13.6. The Hall–Kier alpha value is -1.86. The van der Waals surface area contributed by atoms with E-state index in [1.54, 1.807) is 13.2 Å². The van der Waals surface area contributed by atoms with E-state index in [4.69, 9.17) is 10.00 Å². The minimum atomic E-state index is 0.384. The molecule has 0 aliphatic heterocycles. The average molecular weight is 272 g/mol. The van der Waals surface area contributed by atoms with Gasteiger partial charge in [-0.05, 0) is 37.6 Å². The third kappa shape index (κ3) is 3.37. The number of carbonyl (C=O) groups excluding carboxylic acids is 1. The Labute approximate surface area is 120 Å². The van der Waals surface area contributed by atoms with Crippen molar-refractivity contribution in [3.05, 3.63) is 29.3 Å². The number of methoxy groups -OCH3 is 1. The molecule has 0 spiro atoms. The van der Waals surface area contributed by atoms with Gasteiger partial charge in [0.05, 0.1) is 12.7 Å². The van der Waals surface area contributed by atoms with Crippen LogP contribution < -0.4 is 4.74 Å². The number of ether oxygens (including phenoxy) is 1. The Kier molecular flexibility index (Phi) is 4.75. The zero-order chi connectivity index (χ0) is 14.5. The van der Waals surface area contributed by atoms with Crippen LogP contribution in [0, 0.1) is 11.3 Å². The van der Waals surface area contributed by atoms with Crippen LogP contribution in [0.5, 0.6) is 5.75 Å². The zero-order valence-electron chi connectivity index (χ0n) is 12.1. The molecule has 4 heteroatoms. The first-order chi connectivity index (χ1) is 9.63. The molecule has 0 unspecified atom stereocenters. The molecule has 1 aliphatic rings. The van der Waals surface area contributed by atoms with E-state index >= 15 is 0 Å². The van der Waals surface area contributed by atoms with Crippen molar-refractivity contribution < 1.29 is 9.53 Å². The molecule has 1 saturated carbocycles. The summed E-state index contributed by atoms with van der Waals surface area (Å²) in [6.07, 6.45) is 3.29. The molecule has 0 saturated heterocycles. The summed E-state index contributed by atoms with van der Waals surface area (Å²) in [5.74, 6) is 1.01. The molecule has 0 radical (unpaired) electrons. The first-order valence-corrected chi connectivity index (χ1v) is 6.93. The van der Waals surface area contributed by atoms with Gasteiger partial charge in [0.15, 0.2) is 0 Å². The van der Waals surface area contributed by atoms with E-state index in [-0.39, 0.29) is 0 Å². The number of carbonyl (C=O) groups is 1. The number of hydrogen-bond donors (Lipinski definition) is 0. The van der Waals surface area contributed by atoms with Gasteiger partial charge >= 0.3 is 0 Å². The molecule has 0 heterocycles. The summed E-state index contributed by atoms with van der Waals surface area (Å²) in [6, 6.07) is 8.27. The molecule has 0 N–H and O–H groups in total. The third-order valence-electron chi connectivity index (χ3n) is 3.95. The summed E-state index contributed by atoms with van der Waals surface area (Å²) < 4.78 is 5.23. The standard InChI is InChI=1S/C16H20N2O2/c1-18(14-5-7-15(19)8-6-14)11-12-3-4-13(10-17)16(9-12)20-2/h3-4,9,14H,5-8,11H2,1-2H3. The minimum Gasteiger partial charge on any atom is -0.495 e. The van der Waals surface area contributed by atoms with Gasteiger partial charge in [-0.2, -0.15) is 5.26 Å². The van der Waals surface area contributed by atoms with Gasteiger partial charge in [-0.1, -0.05) is 6.07 Å². The molecule has 0 aromatic heterocycles. The molecule has 1 fully saturated rings. The predicted octanol–water partition coefficient (Wildman–Crippen LogP) is 2.51. The summed E-state index contributed by atoms with van der Waals surface area (Å²) in [5.41, 5.74) is 1.68. The lowest BCUT2D eigenvalue weighted by Gasteiger charge is -2.30. The Morgan fingerprint density at radius 3 is 2.70 bits per heavy atom. The fraction of sp³-hybridized carbons (Fsp3) is 0.500. The fourth-order valence-corrected chi connectivity index (χ4v) is 2.71. The smallest absolute Gasteiger partial charge is 0.136 e. The van der Waals surface area contributed by atoms with E-state index < -0.39 is 0 Å². The van der Waals surface area contributed by atoms with Gasteiger partial charge in [-0.3, -0.25) is 9.69 Å². The van der Waals surface area contributed by atoms with Crippen LogP contribution in [-0.2, 0) is 11.3 Å². The van der Waals surface area contributed by atoms with Crippen LogP contribution in [0.3, 0.4) is 0 Å². The van der Waals surface area contributed by atoms with Crippen molar-refractivity contribution in [2.45, 2.75) is 38.3 Å². The van der Waals surface area contributed by atoms with Crippen molar-refractivity contribution in [2.24, 2.45) is 0 Å². The maximum absolute atomic E-state index is 11.3. The lowest BCUT2D eigenvalue weighted by Crippen LogP contribution is -2.34. The number of Topliss-reactive ketones (excluding diaryl/α,β-unsaturated/α-hetero) is 1. The number of benzene rings is 1. The molecule has 0 atom stereocenters. The quantitative estimate of drug-likeness (QED) is 0.845. The van der Waals surface area contributed by atoms with E-state index in [2.05, 4.69) is 18.0 Å². The van der Waals surface area contributed by atoms with Crippen molar-refractivity contribution in [3.8, 4) is 11.8 Å². The maximum Gasteiger partial charge on any atom is 0.136 e. The van der Waals surface area contributed by atoms with Gasteiger partial charge in [0, 0.05) is 25.4 Å². The highest BCUT2D eigenvalue weighted by molar-refractivity contribution is 5.79. The second-order valence-corrected chi connectivity index (χ2v) is 5.33. The molecule has 0 amide bonds. The van der Waals surface area contributed by atoms with Crippen molar-refractivity contribution in [1.82, 2.24) is 4.90 Å². The van der Waals surface area contributed by atoms with Crippen molar-refractivity contribution >= 4 is 5.78 Å². The van der Waals surface area contributed by atoms with Crippen LogP contribution in [0.25, 0.3) is 0 Å². The van der Waals surface area contributed by atoms with Crippen LogP contribution in [0.1, 0.15) is 36.8 Å². The van der Waals surface area contributed by atoms with Crippen LogP contribution >= 0.6 is 0 Å². The van der Waals surface area contributed by atoms with Gasteiger partial charge in [-0.15, -0.1) is 0 Å². The van der Waals surface area contributed by atoms with Crippen molar-refractivity contribution in [3.63, 3.8) is 0 Å². The fourth-order valence-electron chi connectivity index (χ4n) is 2.71. The van der Waals surface area contributed by atoms with Crippen molar-refractivity contribution in [1.29, 1.82) is 5.26 Å². The molecule has 0 bridgehead atoms. The number of ketones is 1. The predicted molar refractivity (Wildman–Crippen MR) is 76.4 cm³/mol. The summed E-state index contributed by atoms with van der Waals surface area (Å²) in [6.45, 7) is 0.806. The monoisotopic (exact) mass is 272 g/mol. The number of nitriles is 1. The average Bonchev–Trinajstić information content (AvgIpc) is 2.47.